The Morgan fingerprint density at radius 3 is 2.16 bits per heavy atom. The molecule has 0 aliphatic carbocycles. The molecule has 8 aromatic rings. The van der Waals surface area contributed by atoms with Crippen LogP contribution in [0, 0.1) is 58.7 Å². The van der Waals surface area contributed by atoms with Crippen LogP contribution in [0.25, 0.3) is 66.7 Å². The van der Waals surface area contributed by atoms with E-state index < -0.39 is 52.9 Å². The smallest absolute Gasteiger partial charge is 0.123 e. The van der Waals surface area contributed by atoms with Gasteiger partial charge in [0.15, 0.2) is 0 Å². The number of nitrogens with zero attached hydrogens (tertiary/aromatic N) is 2. The summed E-state index contributed by atoms with van der Waals surface area (Å²) in [5, 5.41) is 0.614. The van der Waals surface area contributed by atoms with Crippen molar-refractivity contribution in [2.24, 2.45) is 5.41 Å². The van der Waals surface area contributed by atoms with Crippen molar-refractivity contribution in [3.05, 3.63) is 167 Å². The van der Waals surface area contributed by atoms with Crippen LogP contribution in [0.2, 0.25) is 0 Å². The van der Waals surface area contributed by atoms with Gasteiger partial charge in [0.25, 0.3) is 0 Å². The van der Waals surface area contributed by atoms with Crippen molar-refractivity contribution in [1.82, 2.24) is 9.97 Å². The van der Waals surface area contributed by atoms with Gasteiger partial charge in [0.1, 0.15) is 5.58 Å². The molecule has 0 saturated heterocycles. The van der Waals surface area contributed by atoms with Crippen molar-refractivity contribution in [3.8, 4) is 44.8 Å². The summed E-state index contributed by atoms with van der Waals surface area (Å²) in [6.45, 7) is -10.2. The van der Waals surface area contributed by atoms with E-state index in [-0.39, 0.29) is 98.0 Å². The normalized spacial score (nSPS) is 18.3. The van der Waals surface area contributed by atoms with Crippen molar-refractivity contribution in [2.75, 3.05) is 0 Å². The summed E-state index contributed by atoms with van der Waals surface area (Å²) >= 11 is 0. The molecule has 0 atom stereocenters. The van der Waals surface area contributed by atoms with Crippen LogP contribution < -0.4 is 0 Å². The van der Waals surface area contributed by atoms with Crippen molar-refractivity contribution in [3.63, 3.8) is 0 Å². The van der Waals surface area contributed by atoms with Crippen LogP contribution in [0.1, 0.15) is 87.1 Å². The molecule has 0 spiro atoms. The molecule has 3 heterocycles. The number of pyridine rings is 2. The predicted molar refractivity (Wildman–Crippen MR) is 227 cm³/mol. The van der Waals surface area contributed by atoms with E-state index in [0.29, 0.717) is 22.2 Å². The number of benzene rings is 5. The van der Waals surface area contributed by atoms with Gasteiger partial charge in [-0.2, -0.15) is 0 Å². The van der Waals surface area contributed by atoms with Gasteiger partial charge in [0.05, 0.1) is 5.58 Å². The number of aryl methyl sites for hydroxylation is 6. The number of aromatic nitrogens is 2. The summed E-state index contributed by atoms with van der Waals surface area (Å²) in [5.41, 5.74) is 1.59. The molecule has 1 radical (unpaired) electrons. The third-order valence-electron chi connectivity index (χ3n) is 8.60. The maximum atomic E-state index is 8.71. The number of fused-ring (bicyclic) bond motifs is 3. The Hall–Kier alpha value is -5.15. The Balaban J connectivity index is 0.000000285. The summed E-state index contributed by atoms with van der Waals surface area (Å²) in [6, 6.07) is 32.6. The summed E-state index contributed by atoms with van der Waals surface area (Å²) in [4.78, 5) is 8.59. The Kier molecular flexibility index (Phi) is 6.29. The van der Waals surface area contributed by atoms with Crippen LogP contribution >= 0.6 is 0 Å². The molecule has 55 heavy (non-hydrogen) atoms. The molecular weight excluding hydrogens is 849 g/mol. The van der Waals surface area contributed by atoms with E-state index in [9.17, 15) is 0 Å². The Labute approximate surface area is 368 Å². The SMILES string of the molecule is [2H]C([2H])([2H])c1cc(C([2H])([2H])[2H])c2oc3c(-c4cc(-c5ccc(C([2H])([2H])C(C)(C)C)cc5C([2H])([2H])[2H])c(C([2H])([2H])[2H])cn4)[c-]ccc3c2c1.[2H]C([2H])([2H])c1ccc(-c2[c-]cc(C([2H])([2H])[2H])c(-c3ccccc3)c2)nc1.[Ir]. The zero-order valence-corrected chi connectivity index (χ0v) is 32.5. The van der Waals surface area contributed by atoms with Gasteiger partial charge in [-0.15, -0.1) is 47.5 Å². The zero-order valence-electron chi connectivity index (χ0n) is 50.1. The van der Waals surface area contributed by atoms with Gasteiger partial charge in [-0.3, -0.25) is 0 Å². The monoisotopic (exact) mass is 917 g/mol. The van der Waals surface area contributed by atoms with E-state index in [1.54, 1.807) is 39.0 Å². The summed E-state index contributed by atoms with van der Waals surface area (Å²) in [7, 11) is 0. The maximum absolute atomic E-state index is 8.71. The molecule has 0 bridgehead atoms. The first-order chi connectivity index (χ1) is 33.9. The molecule has 3 nitrogen and oxygen atoms in total. The van der Waals surface area contributed by atoms with Crippen LogP contribution in [-0.4, -0.2) is 9.97 Å². The van der Waals surface area contributed by atoms with Crippen molar-refractivity contribution in [2.45, 2.75) is 68.3 Å². The molecular formula is C51H48IrN2O-2. The van der Waals surface area contributed by atoms with Gasteiger partial charge in [-0.05, 0) is 108 Å². The molecule has 3 aromatic heterocycles. The minimum absolute atomic E-state index is 0. The fourth-order valence-corrected chi connectivity index (χ4v) is 6.19. The molecule has 4 heteroatoms. The van der Waals surface area contributed by atoms with Crippen molar-refractivity contribution < 1.29 is 51.9 Å². The van der Waals surface area contributed by atoms with Gasteiger partial charge in [0.2, 0.25) is 0 Å². The third-order valence-corrected chi connectivity index (χ3v) is 8.60. The van der Waals surface area contributed by atoms with Gasteiger partial charge in [-0.1, -0.05) is 122 Å². The molecule has 0 unspecified atom stereocenters. The van der Waals surface area contributed by atoms with Crippen molar-refractivity contribution >= 4 is 21.9 Å². The van der Waals surface area contributed by atoms with Crippen LogP contribution in [0.5, 0.6) is 0 Å². The van der Waals surface area contributed by atoms with Gasteiger partial charge in [-0.25, -0.2) is 0 Å². The number of hydrogen-bond donors (Lipinski definition) is 0. The molecule has 279 valence electrons. The first kappa shape index (κ1) is 21.2. The van der Waals surface area contributed by atoms with Gasteiger partial charge in [0, 0.05) is 65.3 Å². The van der Waals surface area contributed by atoms with Crippen LogP contribution in [0.15, 0.2) is 120 Å². The minimum atomic E-state index is -2.76. The summed E-state index contributed by atoms with van der Waals surface area (Å²) in [5.74, 6) is 0. The topological polar surface area (TPSA) is 38.9 Å². The van der Waals surface area contributed by atoms with E-state index in [1.165, 1.54) is 54.7 Å². The number of furan rings is 1. The van der Waals surface area contributed by atoms with E-state index in [2.05, 4.69) is 22.1 Å². The first-order valence-electron chi connectivity index (χ1n) is 27.1. The summed E-state index contributed by atoms with van der Waals surface area (Å²) < 4.78 is 167. The molecule has 5 aromatic carbocycles. The average molecular weight is 917 g/mol. The van der Waals surface area contributed by atoms with Gasteiger partial charge < -0.3 is 14.4 Å². The third kappa shape index (κ3) is 8.73. The average Bonchev–Trinajstić information content (AvgIpc) is 3.68. The standard InChI is InChI=1S/C32H32NO.C19H16N.Ir/c1-19-13-21(3)30-28(14-19)25-9-8-10-26(31(25)34-30)29-16-27(22(4)18-33-29)24-12-11-23(15-20(24)2)17-32(5,6)7;1-14-8-11-19(20-13-14)17-10-9-15(2)18(12-17)16-6-4-3-5-7-16;/h8-9,11-16,18H,17H2,1-7H3;3-9,11-13H,1-2H3;/q2*-1;/i1D3,2D3,3D3,4D3,17D2;1D3,2D3;. The second kappa shape index (κ2) is 16.3. The largest absolute Gasteiger partial charge is 0.500 e. The Morgan fingerprint density at radius 2 is 1.44 bits per heavy atom. The molecule has 0 aliphatic heterocycles. The van der Waals surface area contributed by atoms with E-state index >= 15 is 0 Å². The second-order valence-electron chi connectivity index (χ2n) is 13.8. The number of hydrogen-bond acceptors (Lipinski definition) is 3. The molecule has 0 saturated carbocycles. The Bertz CT molecular complexity index is 3360. The molecule has 0 amide bonds. The Morgan fingerprint density at radius 1 is 0.636 bits per heavy atom. The molecule has 0 N–H and O–H groups in total. The first-order valence-corrected chi connectivity index (χ1v) is 17.1. The molecule has 8 rings (SSSR count). The van der Waals surface area contributed by atoms with E-state index in [1.807, 2.05) is 30.3 Å². The van der Waals surface area contributed by atoms with E-state index in [4.69, 9.17) is 31.8 Å². The van der Waals surface area contributed by atoms with Gasteiger partial charge >= 0.3 is 0 Å². The van der Waals surface area contributed by atoms with Crippen LogP contribution in [0.3, 0.4) is 0 Å². The van der Waals surface area contributed by atoms with Crippen LogP contribution in [-0.2, 0) is 26.5 Å². The predicted octanol–water partition coefficient (Wildman–Crippen LogP) is 13.8. The maximum Gasteiger partial charge on any atom is 0.123 e. The quantitative estimate of drug-likeness (QED) is 0.162. The summed E-state index contributed by atoms with van der Waals surface area (Å²) in [6.07, 6.45) is 0.496. The number of rotatable bonds is 5. The van der Waals surface area contributed by atoms with E-state index in [0.717, 1.165) is 17.8 Å². The zero-order chi connectivity index (χ0) is 54.9. The fourth-order valence-electron chi connectivity index (χ4n) is 6.19. The minimum Gasteiger partial charge on any atom is -0.500 e. The van der Waals surface area contributed by atoms with Crippen molar-refractivity contribution in [1.29, 1.82) is 0 Å². The molecule has 0 aliphatic rings. The van der Waals surface area contributed by atoms with Crippen LogP contribution in [0.4, 0.5) is 0 Å². The second-order valence-corrected chi connectivity index (χ2v) is 13.8. The fraction of sp³-hybridized carbons (Fsp3) is 0.216. The molecule has 0 fully saturated rings.